The van der Waals surface area contributed by atoms with Gasteiger partial charge in [0, 0.05) is 17.0 Å². The van der Waals surface area contributed by atoms with E-state index >= 15 is 0 Å². The van der Waals surface area contributed by atoms with Crippen molar-refractivity contribution in [1.29, 1.82) is 0 Å². The number of aryl methyl sites for hydroxylation is 1. The second-order valence-electron chi connectivity index (χ2n) is 6.23. The quantitative estimate of drug-likeness (QED) is 0.629. The lowest BCUT2D eigenvalue weighted by atomic mass is 10.1. The molecule has 3 aromatic rings. The number of hydrogen-bond acceptors (Lipinski definition) is 3. The highest BCUT2D eigenvalue weighted by Gasteiger charge is 2.13. The first-order valence-electron chi connectivity index (χ1n) is 8.25. The number of aromatic nitrogens is 1. The average Bonchev–Trinajstić information content (AvgIpc) is 2.61. The maximum absolute atomic E-state index is 12.3. The van der Waals surface area contributed by atoms with E-state index in [2.05, 4.69) is 10.3 Å². The molecule has 138 valence electrons. The van der Waals surface area contributed by atoms with Gasteiger partial charge in [-0.25, -0.2) is 4.79 Å². The van der Waals surface area contributed by atoms with Crippen LogP contribution in [0.3, 0.4) is 0 Å². The molecule has 0 atom stereocenters. The zero-order valence-electron chi connectivity index (χ0n) is 14.5. The summed E-state index contributed by atoms with van der Waals surface area (Å²) in [7, 11) is 0. The van der Waals surface area contributed by atoms with E-state index in [0.29, 0.717) is 21.5 Å². The number of nitrogens with one attached hydrogen (secondary N) is 2. The number of benzene rings is 2. The predicted octanol–water partition coefficient (Wildman–Crippen LogP) is 3.05. The molecular weight excluding hydrogens is 368 g/mol. The van der Waals surface area contributed by atoms with Crippen LogP contribution in [0.5, 0.6) is 0 Å². The lowest BCUT2D eigenvalue weighted by Gasteiger charge is -2.11. The molecule has 0 radical (unpaired) electrons. The molecule has 6 nitrogen and oxygen atoms in total. The Bertz CT molecular complexity index is 1100. The number of fused-ring (bicyclic) bond motifs is 1. The van der Waals surface area contributed by atoms with E-state index in [9.17, 15) is 14.4 Å². The fourth-order valence-electron chi connectivity index (χ4n) is 2.89. The first-order valence-corrected chi connectivity index (χ1v) is 8.63. The summed E-state index contributed by atoms with van der Waals surface area (Å²) < 4.78 is 0. The molecule has 0 aliphatic carbocycles. The van der Waals surface area contributed by atoms with Crippen LogP contribution in [-0.2, 0) is 17.8 Å². The summed E-state index contributed by atoms with van der Waals surface area (Å²) in [4.78, 5) is 38.0. The van der Waals surface area contributed by atoms with Gasteiger partial charge in [0.05, 0.1) is 11.9 Å². The molecule has 1 aromatic heterocycles. The van der Waals surface area contributed by atoms with Gasteiger partial charge in [-0.15, -0.1) is 0 Å². The maximum Gasteiger partial charge on any atom is 0.341 e. The van der Waals surface area contributed by atoms with Crippen LogP contribution in [0.2, 0.25) is 5.02 Å². The molecule has 0 spiro atoms. The van der Waals surface area contributed by atoms with Crippen molar-refractivity contribution in [2.24, 2.45) is 0 Å². The molecule has 0 aliphatic rings. The lowest BCUT2D eigenvalue weighted by Crippen LogP contribution is -2.25. The largest absolute Gasteiger partial charge is 0.477 e. The number of hydrogen-bond donors (Lipinski definition) is 3. The van der Waals surface area contributed by atoms with Crippen molar-refractivity contribution in [2.45, 2.75) is 19.9 Å². The summed E-state index contributed by atoms with van der Waals surface area (Å²) in [5.74, 6) is -1.48. The topological polar surface area (TPSA) is 99.3 Å². The second-order valence-corrected chi connectivity index (χ2v) is 6.66. The average molecular weight is 385 g/mol. The Balaban J connectivity index is 1.85. The first kappa shape index (κ1) is 18.7. The summed E-state index contributed by atoms with van der Waals surface area (Å²) in [5.41, 5.74) is 1.95. The zero-order valence-corrected chi connectivity index (χ0v) is 15.3. The minimum absolute atomic E-state index is 0.157. The van der Waals surface area contributed by atoms with Crippen LogP contribution in [0.15, 0.2) is 47.3 Å². The molecule has 1 amide bonds. The van der Waals surface area contributed by atoms with E-state index in [1.54, 1.807) is 12.1 Å². The summed E-state index contributed by atoms with van der Waals surface area (Å²) in [6.45, 7) is 2.10. The van der Waals surface area contributed by atoms with E-state index in [1.165, 1.54) is 6.07 Å². The number of carbonyl (C=O) groups excluding carboxylic acids is 1. The van der Waals surface area contributed by atoms with Crippen molar-refractivity contribution < 1.29 is 14.7 Å². The molecule has 7 heteroatoms. The highest BCUT2D eigenvalue weighted by molar-refractivity contribution is 6.31. The Morgan fingerprint density at radius 2 is 1.89 bits per heavy atom. The predicted molar refractivity (Wildman–Crippen MR) is 103 cm³/mol. The third kappa shape index (κ3) is 4.17. The number of carbonyl (C=O) groups is 2. The summed E-state index contributed by atoms with van der Waals surface area (Å²) in [6, 6.07) is 12.1. The van der Waals surface area contributed by atoms with Gasteiger partial charge in [-0.2, -0.15) is 0 Å². The van der Waals surface area contributed by atoms with Crippen molar-refractivity contribution in [3.05, 3.63) is 80.1 Å². The number of halogens is 1. The normalized spacial score (nSPS) is 10.7. The number of carboxylic acids is 1. The summed E-state index contributed by atoms with van der Waals surface area (Å²) in [5, 5.41) is 12.8. The molecule has 0 bridgehead atoms. The smallest absolute Gasteiger partial charge is 0.341 e. The number of rotatable bonds is 5. The van der Waals surface area contributed by atoms with Gasteiger partial charge in [0.1, 0.15) is 5.56 Å². The van der Waals surface area contributed by atoms with Gasteiger partial charge in [0.15, 0.2) is 0 Å². The van der Waals surface area contributed by atoms with Gasteiger partial charge >= 0.3 is 5.97 Å². The van der Waals surface area contributed by atoms with Gasteiger partial charge in [0.2, 0.25) is 5.91 Å². The minimum Gasteiger partial charge on any atom is -0.477 e. The van der Waals surface area contributed by atoms with Crippen LogP contribution in [0.1, 0.15) is 27.0 Å². The number of H-pyrrole nitrogens is 1. The summed E-state index contributed by atoms with van der Waals surface area (Å²) >= 11 is 6.11. The molecule has 2 aromatic carbocycles. The van der Waals surface area contributed by atoms with Crippen LogP contribution in [0.25, 0.3) is 10.9 Å². The highest BCUT2D eigenvalue weighted by Crippen LogP contribution is 2.22. The van der Waals surface area contributed by atoms with Crippen LogP contribution in [0, 0.1) is 6.92 Å². The van der Waals surface area contributed by atoms with Crippen molar-refractivity contribution in [3.63, 3.8) is 0 Å². The van der Waals surface area contributed by atoms with Gasteiger partial charge < -0.3 is 15.4 Å². The molecule has 3 rings (SSSR count). The highest BCUT2D eigenvalue weighted by atomic mass is 35.5. The second kappa shape index (κ2) is 7.63. The monoisotopic (exact) mass is 384 g/mol. The van der Waals surface area contributed by atoms with Crippen molar-refractivity contribution >= 4 is 34.4 Å². The summed E-state index contributed by atoms with van der Waals surface area (Å²) in [6.07, 6.45) is 0.241. The minimum atomic E-state index is -1.31. The number of aromatic amines is 1. The maximum atomic E-state index is 12.3. The molecule has 1 heterocycles. The van der Waals surface area contributed by atoms with Crippen molar-refractivity contribution in [2.75, 3.05) is 0 Å². The molecule has 0 fully saturated rings. The number of pyridine rings is 1. The third-order valence-electron chi connectivity index (χ3n) is 4.32. The van der Waals surface area contributed by atoms with Gasteiger partial charge in [-0.1, -0.05) is 35.9 Å². The van der Waals surface area contributed by atoms with E-state index in [1.807, 2.05) is 31.2 Å². The van der Waals surface area contributed by atoms with Crippen LogP contribution >= 0.6 is 11.6 Å². The molecule has 0 saturated carbocycles. The van der Waals surface area contributed by atoms with Crippen molar-refractivity contribution in [3.8, 4) is 0 Å². The molecule has 3 N–H and O–H groups in total. The van der Waals surface area contributed by atoms with Crippen LogP contribution in [0.4, 0.5) is 0 Å². The molecule has 0 aliphatic heterocycles. The Kier molecular flexibility index (Phi) is 5.28. The fraction of sp³-hybridized carbons (Fsp3) is 0.150. The Hall–Kier alpha value is -3.12. The van der Waals surface area contributed by atoms with E-state index in [0.717, 1.165) is 11.1 Å². The van der Waals surface area contributed by atoms with E-state index in [4.69, 9.17) is 16.7 Å². The van der Waals surface area contributed by atoms with E-state index in [-0.39, 0.29) is 24.4 Å². The van der Waals surface area contributed by atoms with Crippen LogP contribution in [-0.4, -0.2) is 22.0 Å². The third-order valence-corrected chi connectivity index (χ3v) is 4.54. The fourth-order valence-corrected chi connectivity index (χ4v) is 3.14. The Labute approximate surface area is 159 Å². The molecular formula is C20H17ClN2O4. The lowest BCUT2D eigenvalue weighted by molar-refractivity contribution is -0.120. The van der Waals surface area contributed by atoms with Gasteiger partial charge in [0.25, 0.3) is 5.56 Å². The number of aromatic carboxylic acids is 1. The zero-order chi connectivity index (χ0) is 19.6. The standard InChI is InChI=1S/C20H17ClN2O4/c1-11-4-2-3-5-12(11)9-17(24)22-10-14-7-15(21)6-13-8-16(20(26)27)19(25)23-18(13)14/h2-8H,9-10H2,1H3,(H,22,24)(H,23,25)(H,26,27). The SMILES string of the molecule is Cc1ccccc1CC(=O)NCc1cc(Cl)cc2cc(C(=O)O)c(=O)[nH]c12. The van der Waals surface area contributed by atoms with E-state index < -0.39 is 11.5 Å². The molecule has 0 saturated heterocycles. The number of amides is 1. The molecule has 0 unspecified atom stereocenters. The number of carboxylic acid groups (broad SMARTS) is 1. The first-order chi connectivity index (χ1) is 12.8. The molecule has 27 heavy (non-hydrogen) atoms. The van der Waals surface area contributed by atoms with Crippen LogP contribution < -0.4 is 10.9 Å². The van der Waals surface area contributed by atoms with Gasteiger partial charge in [-0.05, 0) is 41.8 Å². The Morgan fingerprint density at radius 3 is 2.59 bits per heavy atom. The Morgan fingerprint density at radius 1 is 1.15 bits per heavy atom. The van der Waals surface area contributed by atoms with Gasteiger partial charge in [-0.3, -0.25) is 9.59 Å². The van der Waals surface area contributed by atoms with Crippen molar-refractivity contribution in [1.82, 2.24) is 10.3 Å².